The predicted molar refractivity (Wildman–Crippen MR) is 58.3 cm³/mol. The summed E-state index contributed by atoms with van der Waals surface area (Å²) in [7, 11) is 1.70. The van der Waals surface area contributed by atoms with Crippen LogP contribution in [0.25, 0.3) is 0 Å². The van der Waals surface area contributed by atoms with Gasteiger partial charge in [-0.25, -0.2) is 4.98 Å². The van der Waals surface area contributed by atoms with E-state index in [1.165, 1.54) is 28.8 Å². The van der Waals surface area contributed by atoms with Crippen molar-refractivity contribution in [2.24, 2.45) is 0 Å². The van der Waals surface area contributed by atoms with Crippen LogP contribution in [0.15, 0.2) is 28.4 Å². The third kappa shape index (κ3) is 1.92. The summed E-state index contributed by atoms with van der Waals surface area (Å²) in [6.45, 7) is 1.90. The zero-order valence-electron chi connectivity index (χ0n) is 8.43. The normalized spacial score (nSPS) is 10.3. The molecule has 0 spiro atoms. The van der Waals surface area contributed by atoms with Gasteiger partial charge in [0.15, 0.2) is 5.13 Å². The SMILES string of the molecule is Cc1csc(N(C)C(=O)c2ccoc2)n1. The summed E-state index contributed by atoms with van der Waals surface area (Å²) in [5.74, 6) is -0.113. The second-order valence-corrected chi connectivity index (χ2v) is 3.98. The first-order chi connectivity index (χ1) is 7.18. The van der Waals surface area contributed by atoms with E-state index in [2.05, 4.69) is 4.98 Å². The molecule has 5 heteroatoms. The van der Waals surface area contributed by atoms with Gasteiger partial charge in [-0.3, -0.25) is 9.69 Å². The smallest absolute Gasteiger partial charge is 0.263 e. The Morgan fingerprint density at radius 3 is 2.93 bits per heavy atom. The molecule has 0 saturated carbocycles. The molecule has 0 saturated heterocycles. The minimum atomic E-state index is -0.113. The summed E-state index contributed by atoms with van der Waals surface area (Å²) >= 11 is 1.45. The fourth-order valence-electron chi connectivity index (χ4n) is 1.16. The second kappa shape index (κ2) is 3.86. The molecular formula is C10H10N2O2S. The van der Waals surface area contributed by atoms with E-state index in [4.69, 9.17) is 4.42 Å². The molecule has 0 aliphatic rings. The molecule has 4 nitrogen and oxygen atoms in total. The summed E-state index contributed by atoms with van der Waals surface area (Å²) < 4.78 is 4.86. The average Bonchev–Trinajstić information content (AvgIpc) is 2.85. The van der Waals surface area contributed by atoms with E-state index >= 15 is 0 Å². The Kier molecular flexibility index (Phi) is 2.55. The van der Waals surface area contributed by atoms with Crippen LogP contribution in [0.4, 0.5) is 5.13 Å². The van der Waals surface area contributed by atoms with E-state index in [1.807, 2.05) is 12.3 Å². The van der Waals surface area contributed by atoms with Gasteiger partial charge in [-0.2, -0.15) is 0 Å². The topological polar surface area (TPSA) is 46.3 Å². The van der Waals surface area contributed by atoms with Crippen molar-refractivity contribution in [3.63, 3.8) is 0 Å². The van der Waals surface area contributed by atoms with Gasteiger partial charge in [0.05, 0.1) is 17.5 Å². The predicted octanol–water partition coefficient (Wildman–Crippen LogP) is 2.32. The average molecular weight is 222 g/mol. The van der Waals surface area contributed by atoms with Crippen LogP contribution in [0, 0.1) is 6.92 Å². The van der Waals surface area contributed by atoms with E-state index < -0.39 is 0 Å². The number of nitrogens with zero attached hydrogens (tertiary/aromatic N) is 2. The van der Waals surface area contributed by atoms with Gasteiger partial charge in [0.25, 0.3) is 5.91 Å². The first-order valence-corrected chi connectivity index (χ1v) is 5.29. The number of aryl methyl sites for hydroxylation is 1. The molecule has 2 aromatic heterocycles. The quantitative estimate of drug-likeness (QED) is 0.783. The minimum Gasteiger partial charge on any atom is -0.472 e. The molecule has 0 bridgehead atoms. The molecule has 0 fully saturated rings. The summed E-state index contributed by atoms with van der Waals surface area (Å²) in [6, 6.07) is 1.64. The first kappa shape index (κ1) is 9.92. The fraction of sp³-hybridized carbons (Fsp3) is 0.200. The van der Waals surface area contributed by atoms with Gasteiger partial charge in [0.2, 0.25) is 0 Å². The highest BCUT2D eigenvalue weighted by Crippen LogP contribution is 2.20. The van der Waals surface area contributed by atoms with Crippen LogP contribution in [0.1, 0.15) is 16.1 Å². The van der Waals surface area contributed by atoms with Crippen LogP contribution in [0.3, 0.4) is 0 Å². The number of hydrogen-bond acceptors (Lipinski definition) is 4. The van der Waals surface area contributed by atoms with Crippen molar-refractivity contribution in [2.75, 3.05) is 11.9 Å². The maximum atomic E-state index is 11.8. The Morgan fingerprint density at radius 2 is 2.40 bits per heavy atom. The zero-order chi connectivity index (χ0) is 10.8. The molecule has 2 aromatic rings. The number of carbonyl (C=O) groups excluding carboxylic acids is 1. The van der Waals surface area contributed by atoms with Crippen molar-refractivity contribution in [3.8, 4) is 0 Å². The van der Waals surface area contributed by atoms with Crippen LogP contribution >= 0.6 is 11.3 Å². The van der Waals surface area contributed by atoms with E-state index in [0.717, 1.165) is 5.69 Å². The Balaban J connectivity index is 2.22. The lowest BCUT2D eigenvalue weighted by Crippen LogP contribution is -2.25. The molecule has 0 aliphatic carbocycles. The number of aromatic nitrogens is 1. The molecule has 0 N–H and O–H groups in total. The van der Waals surface area contributed by atoms with Crippen LogP contribution in [-0.4, -0.2) is 17.9 Å². The molecular weight excluding hydrogens is 212 g/mol. The maximum absolute atomic E-state index is 11.8. The van der Waals surface area contributed by atoms with E-state index in [-0.39, 0.29) is 5.91 Å². The Hall–Kier alpha value is -1.62. The lowest BCUT2D eigenvalue weighted by Gasteiger charge is -2.11. The number of rotatable bonds is 2. The van der Waals surface area contributed by atoms with Crippen molar-refractivity contribution in [3.05, 3.63) is 35.2 Å². The monoisotopic (exact) mass is 222 g/mol. The number of anilines is 1. The van der Waals surface area contributed by atoms with Crippen LogP contribution in [0.2, 0.25) is 0 Å². The fourth-order valence-corrected chi connectivity index (χ4v) is 1.93. The van der Waals surface area contributed by atoms with E-state index in [9.17, 15) is 4.79 Å². The van der Waals surface area contributed by atoms with Crippen molar-refractivity contribution < 1.29 is 9.21 Å². The van der Waals surface area contributed by atoms with Crippen molar-refractivity contribution in [2.45, 2.75) is 6.92 Å². The van der Waals surface area contributed by atoms with Gasteiger partial charge in [-0.05, 0) is 13.0 Å². The minimum absolute atomic E-state index is 0.113. The highest BCUT2D eigenvalue weighted by Gasteiger charge is 2.16. The second-order valence-electron chi connectivity index (χ2n) is 3.15. The number of carbonyl (C=O) groups is 1. The third-order valence-corrected chi connectivity index (χ3v) is 3.00. The van der Waals surface area contributed by atoms with Crippen molar-refractivity contribution in [1.29, 1.82) is 0 Å². The largest absolute Gasteiger partial charge is 0.472 e. The van der Waals surface area contributed by atoms with Gasteiger partial charge >= 0.3 is 0 Å². The zero-order valence-corrected chi connectivity index (χ0v) is 9.25. The summed E-state index contributed by atoms with van der Waals surface area (Å²) in [4.78, 5) is 17.6. The van der Waals surface area contributed by atoms with Gasteiger partial charge < -0.3 is 4.42 Å². The maximum Gasteiger partial charge on any atom is 0.263 e. The van der Waals surface area contributed by atoms with Gasteiger partial charge in [0.1, 0.15) is 6.26 Å². The number of hydrogen-bond donors (Lipinski definition) is 0. The number of thiazole rings is 1. The molecule has 0 aromatic carbocycles. The summed E-state index contributed by atoms with van der Waals surface area (Å²) in [5.41, 5.74) is 1.45. The first-order valence-electron chi connectivity index (χ1n) is 4.41. The van der Waals surface area contributed by atoms with Crippen molar-refractivity contribution >= 4 is 22.4 Å². The lowest BCUT2D eigenvalue weighted by molar-refractivity contribution is 0.0992. The van der Waals surface area contributed by atoms with Crippen LogP contribution in [0.5, 0.6) is 0 Å². The molecule has 0 aliphatic heterocycles. The molecule has 0 radical (unpaired) electrons. The van der Waals surface area contributed by atoms with Gasteiger partial charge in [-0.15, -0.1) is 11.3 Å². The van der Waals surface area contributed by atoms with E-state index in [1.54, 1.807) is 13.1 Å². The van der Waals surface area contributed by atoms with Crippen LogP contribution in [-0.2, 0) is 0 Å². The molecule has 15 heavy (non-hydrogen) atoms. The van der Waals surface area contributed by atoms with Gasteiger partial charge in [0, 0.05) is 12.4 Å². The number of amides is 1. The Morgan fingerprint density at radius 1 is 1.60 bits per heavy atom. The molecule has 2 heterocycles. The van der Waals surface area contributed by atoms with Crippen LogP contribution < -0.4 is 4.90 Å². The Labute approximate surface area is 91.2 Å². The third-order valence-electron chi connectivity index (χ3n) is 1.97. The summed E-state index contributed by atoms with van der Waals surface area (Å²) in [5, 5.41) is 2.60. The molecule has 2 rings (SSSR count). The Bertz CT molecular complexity index is 461. The van der Waals surface area contributed by atoms with Crippen molar-refractivity contribution in [1.82, 2.24) is 4.98 Å². The number of furan rings is 1. The standard InChI is InChI=1S/C10H10N2O2S/c1-7-6-15-10(11-7)12(2)9(13)8-3-4-14-5-8/h3-6H,1-2H3. The highest BCUT2D eigenvalue weighted by atomic mass is 32.1. The molecule has 78 valence electrons. The molecule has 1 amide bonds. The van der Waals surface area contributed by atoms with Gasteiger partial charge in [-0.1, -0.05) is 0 Å². The molecule has 0 atom stereocenters. The highest BCUT2D eigenvalue weighted by molar-refractivity contribution is 7.14. The lowest BCUT2D eigenvalue weighted by atomic mass is 10.3. The molecule has 0 unspecified atom stereocenters. The van der Waals surface area contributed by atoms with E-state index in [0.29, 0.717) is 10.7 Å². The summed E-state index contributed by atoms with van der Waals surface area (Å²) in [6.07, 6.45) is 2.91.